The van der Waals surface area contributed by atoms with Gasteiger partial charge in [-0.25, -0.2) is 19.9 Å². The molecular formula is C33H42N8O. The number of hydrogen-bond acceptors (Lipinski definition) is 9. The maximum absolute atomic E-state index is 5.43. The molecule has 0 unspecified atom stereocenters. The van der Waals surface area contributed by atoms with Crippen LogP contribution in [-0.2, 0) is 6.42 Å². The van der Waals surface area contributed by atoms with Gasteiger partial charge in [0.25, 0.3) is 0 Å². The molecule has 1 aliphatic rings. The Morgan fingerprint density at radius 2 is 1.29 bits per heavy atom. The van der Waals surface area contributed by atoms with Crippen molar-refractivity contribution in [2.45, 2.75) is 40.5 Å². The Morgan fingerprint density at radius 1 is 0.738 bits per heavy atom. The van der Waals surface area contributed by atoms with Crippen molar-refractivity contribution < 1.29 is 4.42 Å². The molecule has 2 aromatic carbocycles. The second-order valence-corrected chi connectivity index (χ2v) is 10.7. The number of benzene rings is 2. The molecule has 1 fully saturated rings. The average molecular weight is 567 g/mol. The Hall–Kier alpha value is -4.40. The van der Waals surface area contributed by atoms with Crippen LogP contribution in [-0.4, -0.2) is 59.2 Å². The van der Waals surface area contributed by atoms with Crippen LogP contribution in [0.15, 0.2) is 71.9 Å². The highest BCUT2D eigenvalue weighted by Crippen LogP contribution is 2.28. The van der Waals surface area contributed by atoms with Gasteiger partial charge in [-0.15, -0.1) is 0 Å². The molecule has 42 heavy (non-hydrogen) atoms. The Balaban J connectivity index is 0.00000173. The molecule has 0 amide bonds. The normalized spacial score (nSPS) is 13.4. The molecular weight excluding hydrogens is 524 g/mol. The third-order valence-corrected chi connectivity index (χ3v) is 7.51. The molecule has 0 saturated carbocycles. The van der Waals surface area contributed by atoms with E-state index >= 15 is 0 Å². The van der Waals surface area contributed by atoms with Crippen molar-refractivity contribution in [2.24, 2.45) is 5.92 Å². The van der Waals surface area contributed by atoms with E-state index in [0.29, 0.717) is 5.92 Å². The van der Waals surface area contributed by atoms with Crippen LogP contribution in [0, 0.1) is 5.92 Å². The van der Waals surface area contributed by atoms with Crippen LogP contribution < -0.4 is 20.4 Å². The smallest absolute Gasteiger partial charge is 0.137 e. The van der Waals surface area contributed by atoms with Crippen molar-refractivity contribution >= 4 is 44.8 Å². The predicted molar refractivity (Wildman–Crippen MR) is 174 cm³/mol. The minimum Gasteiger partial charge on any atom is -0.469 e. The van der Waals surface area contributed by atoms with E-state index in [4.69, 9.17) is 4.42 Å². The molecule has 220 valence electrons. The molecule has 9 heteroatoms. The van der Waals surface area contributed by atoms with Crippen LogP contribution in [0.3, 0.4) is 0 Å². The van der Waals surface area contributed by atoms with E-state index in [1.807, 2.05) is 26.0 Å². The topological polar surface area (TPSA) is 95.2 Å². The Bertz CT molecular complexity index is 1560. The lowest BCUT2D eigenvalue weighted by atomic mass is 10.1. The van der Waals surface area contributed by atoms with Crippen LogP contribution in [0.1, 0.15) is 39.9 Å². The SMILES string of the molecule is CC.CC(C)CCNc1ncnc2cc(N3CCN(c4ccc5c(NCCc6ccco6)ncnc5c4)CC3)ccc12. The quantitative estimate of drug-likeness (QED) is 0.193. The molecule has 5 aromatic rings. The number of fused-ring (bicyclic) bond motifs is 2. The minimum absolute atomic E-state index is 0.659. The van der Waals surface area contributed by atoms with E-state index in [1.165, 1.54) is 11.4 Å². The Labute approximate surface area is 248 Å². The van der Waals surface area contributed by atoms with Crippen molar-refractivity contribution in [2.75, 3.05) is 59.7 Å². The Kier molecular flexibility index (Phi) is 9.69. The summed E-state index contributed by atoms with van der Waals surface area (Å²) in [6.45, 7) is 13.9. The third kappa shape index (κ3) is 6.90. The molecule has 0 bridgehead atoms. The van der Waals surface area contributed by atoms with Gasteiger partial charge in [-0.1, -0.05) is 27.7 Å². The average Bonchev–Trinajstić information content (AvgIpc) is 3.55. The third-order valence-electron chi connectivity index (χ3n) is 7.51. The summed E-state index contributed by atoms with van der Waals surface area (Å²) >= 11 is 0. The summed E-state index contributed by atoms with van der Waals surface area (Å²) in [7, 11) is 0. The highest BCUT2D eigenvalue weighted by atomic mass is 16.3. The van der Waals surface area contributed by atoms with Gasteiger partial charge in [-0.3, -0.25) is 0 Å². The van der Waals surface area contributed by atoms with Crippen molar-refractivity contribution in [3.8, 4) is 0 Å². The van der Waals surface area contributed by atoms with Gasteiger partial charge in [0.2, 0.25) is 0 Å². The molecule has 6 rings (SSSR count). The lowest BCUT2D eigenvalue weighted by Crippen LogP contribution is -2.46. The van der Waals surface area contributed by atoms with Gasteiger partial charge in [0.1, 0.15) is 30.1 Å². The highest BCUT2D eigenvalue weighted by Gasteiger charge is 2.19. The molecule has 2 N–H and O–H groups in total. The van der Waals surface area contributed by atoms with Crippen molar-refractivity contribution in [3.05, 3.63) is 73.2 Å². The predicted octanol–water partition coefficient (Wildman–Crippen LogP) is 6.63. The van der Waals surface area contributed by atoms with Gasteiger partial charge in [0.05, 0.1) is 17.3 Å². The number of piperazine rings is 1. The Morgan fingerprint density at radius 3 is 1.79 bits per heavy atom. The minimum atomic E-state index is 0.659. The van der Waals surface area contributed by atoms with E-state index in [1.54, 1.807) is 18.9 Å². The van der Waals surface area contributed by atoms with E-state index in [2.05, 4.69) is 90.6 Å². The zero-order valence-electron chi connectivity index (χ0n) is 25.2. The number of nitrogens with zero attached hydrogens (tertiary/aromatic N) is 6. The fraction of sp³-hybridized carbons (Fsp3) is 0.394. The summed E-state index contributed by atoms with van der Waals surface area (Å²) in [5.41, 5.74) is 4.32. The van der Waals surface area contributed by atoms with Crippen molar-refractivity contribution in [1.29, 1.82) is 0 Å². The first-order valence-corrected chi connectivity index (χ1v) is 15.1. The van der Waals surface area contributed by atoms with E-state index in [-0.39, 0.29) is 0 Å². The first-order chi connectivity index (χ1) is 20.6. The summed E-state index contributed by atoms with van der Waals surface area (Å²) in [6.07, 6.45) is 6.92. The van der Waals surface area contributed by atoms with Gasteiger partial charge in [-0.2, -0.15) is 0 Å². The van der Waals surface area contributed by atoms with Crippen LogP contribution >= 0.6 is 0 Å². The fourth-order valence-electron chi connectivity index (χ4n) is 5.23. The number of aromatic nitrogens is 4. The first-order valence-electron chi connectivity index (χ1n) is 15.1. The van der Waals surface area contributed by atoms with Crippen LogP contribution in [0.5, 0.6) is 0 Å². The second-order valence-electron chi connectivity index (χ2n) is 10.7. The molecule has 9 nitrogen and oxygen atoms in total. The van der Waals surface area contributed by atoms with Gasteiger partial charge in [-0.05, 0) is 60.9 Å². The van der Waals surface area contributed by atoms with Gasteiger partial charge < -0.3 is 24.9 Å². The summed E-state index contributed by atoms with van der Waals surface area (Å²) in [5, 5.41) is 9.02. The lowest BCUT2D eigenvalue weighted by molar-refractivity contribution is 0.513. The van der Waals surface area contributed by atoms with Crippen LogP contribution in [0.25, 0.3) is 21.8 Å². The molecule has 4 heterocycles. The zero-order chi connectivity index (χ0) is 29.3. The van der Waals surface area contributed by atoms with Gasteiger partial charge in [0, 0.05) is 67.8 Å². The van der Waals surface area contributed by atoms with Crippen LogP contribution in [0.4, 0.5) is 23.0 Å². The summed E-state index contributed by atoms with van der Waals surface area (Å²) < 4.78 is 5.43. The maximum Gasteiger partial charge on any atom is 0.137 e. The van der Waals surface area contributed by atoms with E-state index in [9.17, 15) is 0 Å². The summed E-state index contributed by atoms with van der Waals surface area (Å²) in [5.74, 6) is 3.39. The molecule has 0 aliphatic carbocycles. The van der Waals surface area contributed by atoms with E-state index in [0.717, 1.165) is 91.3 Å². The van der Waals surface area contributed by atoms with Crippen molar-refractivity contribution in [1.82, 2.24) is 19.9 Å². The van der Waals surface area contributed by atoms with Crippen molar-refractivity contribution in [3.63, 3.8) is 0 Å². The molecule has 3 aromatic heterocycles. The first kappa shape index (κ1) is 29.1. The largest absolute Gasteiger partial charge is 0.469 e. The molecule has 0 spiro atoms. The fourth-order valence-corrected chi connectivity index (χ4v) is 5.23. The number of furan rings is 1. The van der Waals surface area contributed by atoms with E-state index < -0.39 is 0 Å². The van der Waals surface area contributed by atoms with Gasteiger partial charge >= 0.3 is 0 Å². The summed E-state index contributed by atoms with van der Waals surface area (Å²) in [6, 6.07) is 16.9. The highest BCUT2D eigenvalue weighted by molar-refractivity contribution is 5.92. The molecule has 0 radical (unpaired) electrons. The standard InChI is InChI=1S/C31H36N8O.C2H6/c1-22(2)9-11-32-30-26-7-5-23(18-28(26)34-20-36-30)38-13-15-39(16-14-38)24-6-8-27-29(19-24)35-21-37-31(27)33-12-10-25-4-3-17-40-25;1-2/h3-8,17-22H,9-16H2,1-2H3,(H,32,34,36)(H,33,35,37);1-2H3. The summed E-state index contributed by atoms with van der Waals surface area (Å²) in [4.78, 5) is 22.9. The second kappa shape index (κ2) is 14.0. The molecule has 1 aliphatic heterocycles. The van der Waals surface area contributed by atoms with Gasteiger partial charge in [0.15, 0.2) is 0 Å². The monoisotopic (exact) mass is 566 g/mol. The number of anilines is 4. The number of hydrogen-bond donors (Lipinski definition) is 2. The zero-order valence-corrected chi connectivity index (χ0v) is 25.2. The van der Waals surface area contributed by atoms with Crippen LogP contribution in [0.2, 0.25) is 0 Å². The molecule has 1 saturated heterocycles. The number of nitrogens with one attached hydrogen (secondary N) is 2. The number of rotatable bonds is 10. The maximum atomic E-state index is 5.43. The lowest BCUT2D eigenvalue weighted by Gasteiger charge is -2.37. The molecule has 0 atom stereocenters.